The molecule has 20 heavy (non-hydrogen) atoms. The van der Waals surface area contributed by atoms with Gasteiger partial charge in [-0.05, 0) is 32.9 Å². The van der Waals surface area contributed by atoms with Gasteiger partial charge in [0.2, 0.25) is 5.91 Å². The van der Waals surface area contributed by atoms with Gasteiger partial charge in [-0.15, -0.1) is 11.3 Å². The largest absolute Gasteiger partial charge is 0.352 e. The lowest BCUT2D eigenvalue weighted by atomic mass is 10.1. The summed E-state index contributed by atoms with van der Waals surface area (Å²) in [5, 5.41) is 8.97. The molecule has 0 saturated heterocycles. The van der Waals surface area contributed by atoms with Crippen LogP contribution in [0.2, 0.25) is 4.34 Å². The number of halogens is 1. The second-order valence-corrected chi connectivity index (χ2v) is 7.08. The fourth-order valence-corrected chi connectivity index (χ4v) is 2.49. The summed E-state index contributed by atoms with van der Waals surface area (Å²) in [6.07, 6.45) is 0. The van der Waals surface area contributed by atoms with Gasteiger partial charge in [-0.2, -0.15) is 0 Å². The van der Waals surface area contributed by atoms with Gasteiger partial charge in [-0.1, -0.05) is 11.6 Å². The van der Waals surface area contributed by atoms with Gasteiger partial charge in [-0.25, -0.2) is 0 Å². The van der Waals surface area contributed by atoms with E-state index in [1.54, 1.807) is 7.05 Å². The first-order chi connectivity index (χ1) is 9.30. The lowest BCUT2D eigenvalue weighted by Crippen LogP contribution is -2.48. The van der Waals surface area contributed by atoms with E-state index in [4.69, 9.17) is 11.6 Å². The van der Waals surface area contributed by atoms with Crippen molar-refractivity contribution in [2.75, 3.05) is 13.6 Å². The number of guanidine groups is 1. The average molecular weight is 317 g/mol. The third kappa shape index (κ3) is 6.77. The second kappa shape index (κ2) is 7.50. The van der Waals surface area contributed by atoms with Gasteiger partial charge in [0.15, 0.2) is 5.96 Å². The zero-order valence-corrected chi connectivity index (χ0v) is 13.8. The highest BCUT2D eigenvalue weighted by molar-refractivity contribution is 7.16. The Labute approximate surface area is 128 Å². The summed E-state index contributed by atoms with van der Waals surface area (Å²) in [4.78, 5) is 16.9. The van der Waals surface area contributed by atoms with Crippen molar-refractivity contribution in [3.05, 3.63) is 21.3 Å². The summed E-state index contributed by atoms with van der Waals surface area (Å²) in [5.41, 5.74) is -0.233. The van der Waals surface area contributed by atoms with Crippen LogP contribution in [0.15, 0.2) is 17.1 Å². The Balaban J connectivity index is 2.35. The van der Waals surface area contributed by atoms with Crippen LogP contribution in [0.3, 0.4) is 0 Å². The summed E-state index contributed by atoms with van der Waals surface area (Å²) in [5.74, 6) is 0.512. The predicted molar refractivity (Wildman–Crippen MR) is 85.4 cm³/mol. The number of hydrogen-bond acceptors (Lipinski definition) is 3. The molecule has 1 aromatic rings. The highest BCUT2D eigenvalue weighted by atomic mass is 35.5. The molecule has 0 spiro atoms. The molecular weight excluding hydrogens is 296 g/mol. The Morgan fingerprint density at radius 1 is 1.35 bits per heavy atom. The summed E-state index contributed by atoms with van der Waals surface area (Å²) in [7, 11) is 1.67. The SMILES string of the molecule is CN=C(NCC(=O)NC(C)(C)C)NCc1ccc(Cl)s1. The molecule has 0 saturated carbocycles. The lowest BCUT2D eigenvalue weighted by molar-refractivity contribution is -0.121. The molecule has 7 heteroatoms. The minimum Gasteiger partial charge on any atom is -0.352 e. The molecule has 1 rings (SSSR count). The van der Waals surface area contributed by atoms with Crippen LogP contribution in [-0.4, -0.2) is 31.0 Å². The summed E-state index contributed by atoms with van der Waals surface area (Å²) in [6.45, 7) is 6.63. The summed E-state index contributed by atoms with van der Waals surface area (Å²) >= 11 is 7.38. The van der Waals surface area contributed by atoms with E-state index in [2.05, 4.69) is 20.9 Å². The number of amides is 1. The molecule has 0 unspecified atom stereocenters. The third-order valence-electron chi connectivity index (χ3n) is 2.21. The predicted octanol–water partition coefficient (Wildman–Crippen LogP) is 1.98. The second-order valence-electron chi connectivity index (χ2n) is 5.28. The van der Waals surface area contributed by atoms with Crippen LogP contribution in [0, 0.1) is 0 Å². The number of nitrogens with zero attached hydrogens (tertiary/aromatic N) is 1. The van der Waals surface area contributed by atoms with Crippen molar-refractivity contribution in [2.24, 2.45) is 4.99 Å². The van der Waals surface area contributed by atoms with Crippen molar-refractivity contribution in [2.45, 2.75) is 32.9 Å². The maximum absolute atomic E-state index is 11.7. The van der Waals surface area contributed by atoms with E-state index in [1.165, 1.54) is 11.3 Å². The Hall–Kier alpha value is -1.27. The molecule has 0 fully saturated rings. The third-order valence-corrected chi connectivity index (χ3v) is 3.44. The number of carbonyl (C=O) groups excluding carboxylic acids is 1. The van der Waals surface area contributed by atoms with E-state index in [0.29, 0.717) is 12.5 Å². The summed E-state index contributed by atoms with van der Waals surface area (Å²) < 4.78 is 0.759. The molecule has 0 aromatic carbocycles. The molecular formula is C13H21ClN4OS. The van der Waals surface area contributed by atoms with Crippen LogP contribution in [-0.2, 0) is 11.3 Å². The topological polar surface area (TPSA) is 65.5 Å². The van der Waals surface area contributed by atoms with Gasteiger partial charge < -0.3 is 16.0 Å². The molecule has 3 N–H and O–H groups in total. The van der Waals surface area contributed by atoms with Crippen LogP contribution >= 0.6 is 22.9 Å². The zero-order chi connectivity index (χ0) is 15.2. The standard InChI is InChI=1S/C13H21ClN4OS/c1-13(2,3)18-11(19)8-17-12(15-4)16-7-9-5-6-10(14)20-9/h5-6H,7-8H2,1-4H3,(H,18,19)(H2,15,16,17). The smallest absolute Gasteiger partial charge is 0.239 e. The van der Waals surface area contributed by atoms with E-state index in [-0.39, 0.29) is 18.0 Å². The summed E-state index contributed by atoms with van der Waals surface area (Å²) in [6, 6.07) is 3.82. The van der Waals surface area contributed by atoms with E-state index in [9.17, 15) is 4.79 Å². The van der Waals surface area contributed by atoms with Crippen molar-refractivity contribution in [1.29, 1.82) is 0 Å². The van der Waals surface area contributed by atoms with Gasteiger partial charge in [0.25, 0.3) is 0 Å². The quantitative estimate of drug-likeness (QED) is 0.588. The molecule has 5 nitrogen and oxygen atoms in total. The molecule has 0 radical (unpaired) electrons. The van der Waals surface area contributed by atoms with Crippen molar-refractivity contribution in [3.8, 4) is 0 Å². The van der Waals surface area contributed by atoms with Crippen LogP contribution in [0.1, 0.15) is 25.6 Å². The maximum Gasteiger partial charge on any atom is 0.239 e. The number of rotatable bonds is 4. The molecule has 1 heterocycles. The van der Waals surface area contributed by atoms with E-state index in [1.807, 2.05) is 32.9 Å². The molecule has 0 bridgehead atoms. The van der Waals surface area contributed by atoms with Gasteiger partial charge >= 0.3 is 0 Å². The molecule has 0 aliphatic heterocycles. The van der Waals surface area contributed by atoms with Crippen LogP contribution in [0.4, 0.5) is 0 Å². The van der Waals surface area contributed by atoms with Gasteiger partial charge in [0.05, 0.1) is 17.4 Å². The molecule has 0 aliphatic rings. The average Bonchev–Trinajstić information content (AvgIpc) is 2.73. The first-order valence-corrected chi connectivity index (χ1v) is 7.49. The van der Waals surface area contributed by atoms with E-state index < -0.39 is 0 Å². The number of nitrogens with one attached hydrogen (secondary N) is 3. The number of hydrogen-bond donors (Lipinski definition) is 3. The zero-order valence-electron chi connectivity index (χ0n) is 12.2. The van der Waals surface area contributed by atoms with E-state index in [0.717, 1.165) is 9.21 Å². The Kier molecular flexibility index (Phi) is 6.29. The van der Waals surface area contributed by atoms with Gasteiger partial charge in [0.1, 0.15) is 0 Å². The highest BCUT2D eigenvalue weighted by Crippen LogP contribution is 2.20. The van der Waals surface area contributed by atoms with Crippen molar-refractivity contribution in [1.82, 2.24) is 16.0 Å². The maximum atomic E-state index is 11.7. The molecule has 0 aliphatic carbocycles. The van der Waals surface area contributed by atoms with Gasteiger partial charge in [-0.3, -0.25) is 9.79 Å². The fourth-order valence-electron chi connectivity index (χ4n) is 1.46. The van der Waals surface area contributed by atoms with Crippen LogP contribution in [0.25, 0.3) is 0 Å². The van der Waals surface area contributed by atoms with E-state index >= 15 is 0 Å². The molecule has 1 amide bonds. The van der Waals surface area contributed by atoms with Gasteiger partial charge in [0, 0.05) is 17.5 Å². The minimum absolute atomic E-state index is 0.0698. The van der Waals surface area contributed by atoms with Crippen molar-refractivity contribution >= 4 is 34.8 Å². The first-order valence-electron chi connectivity index (χ1n) is 6.30. The van der Waals surface area contributed by atoms with Crippen molar-refractivity contribution in [3.63, 3.8) is 0 Å². The Morgan fingerprint density at radius 3 is 2.55 bits per heavy atom. The normalized spacial score (nSPS) is 12.2. The monoisotopic (exact) mass is 316 g/mol. The molecule has 1 aromatic heterocycles. The fraction of sp³-hybridized carbons (Fsp3) is 0.538. The van der Waals surface area contributed by atoms with Crippen LogP contribution in [0.5, 0.6) is 0 Å². The number of carbonyl (C=O) groups is 1. The first kappa shape index (κ1) is 16.8. The molecule has 0 atom stereocenters. The Morgan fingerprint density at radius 2 is 2.05 bits per heavy atom. The van der Waals surface area contributed by atoms with Crippen LogP contribution < -0.4 is 16.0 Å². The number of aliphatic imine (C=N–C) groups is 1. The lowest BCUT2D eigenvalue weighted by Gasteiger charge is -2.21. The Bertz CT molecular complexity index is 479. The number of thiophene rings is 1. The molecule has 112 valence electrons. The highest BCUT2D eigenvalue weighted by Gasteiger charge is 2.13. The van der Waals surface area contributed by atoms with Crippen molar-refractivity contribution < 1.29 is 4.79 Å². The minimum atomic E-state index is -0.233.